The van der Waals surface area contributed by atoms with Gasteiger partial charge in [0, 0.05) is 5.56 Å². The molecular weight excluding hydrogens is 344 g/mol. The van der Waals surface area contributed by atoms with E-state index in [4.69, 9.17) is 23.4 Å². The Labute approximate surface area is 149 Å². The van der Waals surface area contributed by atoms with Gasteiger partial charge in [0.25, 0.3) is 0 Å². The smallest absolute Gasteiger partial charge is 0.134 e. The van der Waals surface area contributed by atoms with E-state index in [-0.39, 0.29) is 0 Å². The summed E-state index contributed by atoms with van der Waals surface area (Å²) in [5, 5.41) is 0. The van der Waals surface area contributed by atoms with Crippen molar-refractivity contribution in [2.45, 2.75) is 33.1 Å². The van der Waals surface area contributed by atoms with Gasteiger partial charge in [-0.3, -0.25) is 0 Å². The average Bonchev–Trinajstić information content (AvgIpc) is 2.54. The zero-order valence-corrected chi connectivity index (χ0v) is 15.0. The first-order valence-electron chi connectivity index (χ1n) is 7.97. The predicted octanol–water partition coefficient (Wildman–Crippen LogP) is 1.30. The molecule has 1 heterocycles. The molecule has 3 rings (SSSR count). The molecule has 0 fully saturated rings. The largest absolute Gasteiger partial charge is 0.457 e. The lowest BCUT2D eigenvalue weighted by atomic mass is 9.94. The first kappa shape index (κ1) is 19.4. The van der Waals surface area contributed by atoms with Crippen LogP contribution in [0.4, 0.5) is 0 Å². The number of hydrogen-bond acceptors (Lipinski definition) is 5. The highest BCUT2D eigenvalue weighted by atomic mass is 35.7. The van der Waals surface area contributed by atoms with Crippen LogP contribution in [0.3, 0.4) is 0 Å². The van der Waals surface area contributed by atoms with Gasteiger partial charge in [0.2, 0.25) is 0 Å². The Bertz CT molecular complexity index is 732. The predicted molar refractivity (Wildman–Crippen MR) is 86.7 cm³/mol. The molecule has 0 radical (unpaired) electrons. The molecule has 1 aliphatic carbocycles. The van der Waals surface area contributed by atoms with Gasteiger partial charge in [0.15, 0.2) is 0 Å². The molecule has 0 aromatic heterocycles. The van der Waals surface area contributed by atoms with Gasteiger partial charge in [0.05, 0.1) is 14.9 Å². The van der Waals surface area contributed by atoms with Crippen LogP contribution in [0.5, 0.6) is 5.75 Å². The van der Waals surface area contributed by atoms with Crippen molar-refractivity contribution in [1.82, 2.24) is 0 Å². The minimum Gasteiger partial charge on any atom is -0.457 e. The molecule has 0 saturated heterocycles. The molecule has 1 aromatic carbocycles. The number of rotatable bonds is 2. The van der Waals surface area contributed by atoms with Crippen molar-refractivity contribution in [2.75, 3.05) is 0 Å². The van der Waals surface area contributed by atoms with Crippen molar-refractivity contribution in [3.63, 3.8) is 0 Å². The van der Waals surface area contributed by atoms with E-state index in [0.29, 0.717) is 0 Å². The molecular formula is C19H21ClO5. The summed E-state index contributed by atoms with van der Waals surface area (Å²) < 4.78 is 38.7. The average molecular weight is 365 g/mol. The highest BCUT2D eigenvalue weighted by Crippen LogP contribution is 2.34. The van der Waals surface area contributed by atoms with Crippen molar-refractivity contribution in [3.8, 4) is 5.75 Å². The zero-order valence-electron chi connectivity index (χ0n) is 14.2. The number of para-hydroxylation sites is 1. The Hall–Kier alpha value is -1.89. The molecule has 6 heteroatoms. The van der Waals surface area contributed by atoms with Crippen LogP contribution in [0.15, 0.2) is 65.5 Å². The number of benzene rings is 1. The first-order valence-corrected chi connectivity index (χ1v) is 9.23. The summed E-state index contributed by atoms with van der Waals surface area (Å²) in [5.41, 5.74) is 5.30. The third kappa shape index (κ3) is 6.16. The highest BCUT2D eigenvalue weighted by Gasteiger charge is 2.14. The number of halogens is 1. The Balaban J connectivity index is 0.000000399. The van der Waals surface area contributed by atoms with E-state index in [9.17, 15) is 0 Å². The van der Waals surface area contributed by atoms with E-state index in [2.05, 4.69) is 50.3 Å². The van der Waals surface area contributed by atoms with Crippen molar-refractivity contribution in [3.05, 3.63) is 71.0 Å². The highest BCUT2D eigenvalue weighted by molar-refractivity contribution is 5.73. The molecule has 134 valence electrons. The standard InChI is InChI=1S/C19H20O.ClHO4/c1-3-15-8-4-5-9-16(15)13-17-12-14(2)18-10-6-7-11-19(18)20-17;2-1(3,4)5/h4,6-8,10-13H,3,5,9H2,1-2H3;(H,2,3,4,5). The molecule has 1 aliphatic heterocycles. The van der Waals surface area contributed by atoms with Gasteiger partial charge in [-0.15, -0.1) is 0 Å². The summed E-state index contributed by atoms with van der Waals surface area (Å²) in [5.74, 6) is 1.92. The van der Waals surface area contributed by atoms with Crippen LogP contribution in [0, 0.1) is 10.2 Å². The van der Waals surface area contributed by atoms with Crippen LogP contribution in [-0.2, 0) is 0 Å². The normalized spacial score (nSPS) is 18.2. The Kier molecular flexibility index (Phi) is 6.58. The molecule has 1 N–H and O–H groups in total. The van der Waals surface area contributed by atoms with Crippen molar-refractivity contribution in [1.29, 1.82) is 0 Å². The summed E-state index contributed by atoms with van der Waals surface area (Å²) in [6, 6.07) is 8.22. The number of fused-ring (bicyclic) bond motifs is 1. The lowest BCUT2D eigenvalue weighted by Crippen LogP contribution is -2.58. The van der Waals surface area contributed by atoms with Gasteiger partial charge in [-0.25, -0.2) is 0 Å². The molecule has 0 amide bonds. The van der Waals surface area contributed by atoms with E-state index in [0.717, 1.165) is 30.8 Å². The molecule has 2 aliphatic rings. The monoisotopic (exact) mass is 364 g/mol. The summed E-state index contributed by atoms with van der Waals surface area (Å²) in [6.07, 6.45) is 12.2. The lowest BCUT2D eigenvalue weighted by Gasteiger charge is -2.19. The minimum atomic E-state index is -4.69. The number of hydrogen-bond donors (Lipinski definition) is 1. The Morgan fingerprint density at radius 1 is 1.24 bits per heavy atom. The Morgan fingerprint density at radius 3 is 2.60 bits per heavy atom. The SMILES string of the molecule is CCC1=C(C=C2C=C(C)c3ccccc3O2)CCC=C1.[O-][Cl+3]([O-])([O-])O. The molecule has 5 nitrogen and oxygen atoms in total. The lowest BCUT2D eigenvalue weighted by molar-refractivity contribution is -1.92. The van der Waals surface area contributed by atoms with E-state index in [1.165, 1.54) is 22.3 Å². The maximum atomic E-state index is 8.60. The third-order valence-corrected chi connectivity index (χ3v) is 3.91. The van der Waals surface area contributed by atoms with Crippen LogP contribution >= 0.6 is 0 Å². The molecule has 1 aromatic rings. The van der Waals surface area contributed by atoms with Crippen LogP contribution in [-0.4, -0.2) is 4.66 Å². The second kappa shape index (κ2) is 8.47. The minimum absolute atomic E-state index is 0.956. The maximum absolute atomic E-state index is 8.60. The quantitative estimate of drug-likeness (QED) is 0.852. The molecule has 0 atom stereocenters. The fraction of sp³-hybridized carbons (Fsp3) is 0.263. The maximum Gasteiger partial charge on any atom is 0.134 e. The van der Waals surface area contributed by atoms with Crippen LogP contribution in [0.2, 0.25) is 0 Å². The van der Waals surface area contributed by atoms with E-state index in [1.54, 1.807) is 0 Å². The van der Waals surface area contributed by atoms with Crippen LogP contribution in [0.25, 0.3) is 5.57 Å². The zero-order chi connectivity index (χ0) is 18.4. The summed E-state index contributed by atoms with van der Waals surface area (Å²) in [7, 11) is -4.69. The van der Waals surface area contributed by atoms with E-state index in [1.807, 2.05) is 12.1 Å². The second-order valence-corrected chi connectivity index (χ2v) is 6.51. The second-order valence-electron chi connectivity index (χ2n) is 5.71. The van der Waals surface area contributed by atoms with Gasteiger partial charge < -0.3 is 4.74 Å². The summed E-state index contributed by atoms with van der Waals surface area (Å²) in [6.45, 7) is 4.35. The van der Waals surface area contributed by atoms with Gasteiger partial charge in [-0.05, 0) is 61.1 Å². The molecule has 0 bridgehead atoms. The fourth-order valence-corrected chi connectivity index (χ4v) is 2.81. The van der Waals surface area contributed by atoms with Crippen molar-refractivity contribution < 1.29 is 33.6 Å². The number of allylic oxidation sites excluding steroid dienone is 7. The van der Waals surface area contributed by atoms with Gasteiger partial charge in [-0.1, -0.05) is 37.3 Å². The molecule has 25 heavy (non-hydrogen) atoms. The van der Waals surface area contributed by atoms with Crippen molar-refractivity contribution in [2.24, 2.45) is 0 Å². The topological polar surface area (TPSA) is 98.6 Å². The molecule has 0 spiro atoms. The Morgan fingerprint density at radius 2 is 1.92 bits per heavy atom. The van der Waals surface area contributed by atoms with Gasteiger partial charge in [0.1, 0.15) is 11.5 Å². The van der Waals surface area contributed by atoms with E-state index < -0.39 is 10.2 Å². The van der Waals surface area contributed by atoms with E-state index >= 15 is 0 Å². The first-order chi connectivity index (χ1) is 11.8. The van der Waals surface area contributed by atoms with Crippen LogP contribution < -0.4 is 18.7 Å². The van der Waals surface area contributed by atoms with Gasteiger partial charge in [-0.2, -0.15) is 14.0 Å². The summed E-state index contributed by atoms with van der Waals surface area (Å²) in [4.78, 5) is 0. The van der Waals surface area contributed by atoms with Crippen LogP contribution in [0.1, 0.15) is 38.7 Å². The molecule has 0 unspecified atom stereocenters. The fourth-order valence-electron chi connectivity index (χ4n) is 2.81. The van der Waals surface area contributed by atoms with Gasteiger partial charge >= 0.3 is 0 Å². The van der Waals surface area contributed by atoms with Crippen molar-refractivity contribution >= 4 is 5.57 Å². The third-order valence-electron chi connectivity index (χ3n) is 3.91. The molecule has 0 saturated carbocycles. The summed E-state index contributed by atoms with van der Waals surface area (Å²) >= 11 is 0. The number of ether oxygens (including phenoxy) is 1.